The highest BCUT2D eigenvalue weighted by atomic mass is 16.4. The summed E-state index contributed by atoms with van der Waals surface area (Å²) in [7, 11) is 0. The van der Waals surface area contributed by atoms with E-state index in [9.17, 15) is 9.59 Å². The van der Waals surface area contributed by atoms with Gasteiger partial charge in [-0.15, -0.1) is 0 Å². The van der Waals surface area contributed by atoms with Gasteiger partial charge in [0.1, 0.15) is 0 Å². The Morgan fingerprint density at radius 2 is 1.72 bits per heavy atom. The van der Waals surface area contributed by atoms with E-state index >= 15 is 0 Å². The van der Waals surface area contributed by atoms with Crippen LogP contribution in [-0.2, 0) is 4.79 Å². The fourth-order valence-electron chi connectivity index (χ4n) is 2.70. The summed E-state index contributed by atoms with van der Waals surface area (Å²) in [5, 5.41) is 13.2. The number of hydrazone groups is 1. The molecule has 1 amide bonds. The van der Waals surface area contributed by atoms with E-state index in [1.807, 2.05) is 31.2 Å². The molecule has 6 heteroatoms. The van der Waals surface area contributed by atoms with Gasteiger partial charge in [0.25, 0.3) is 0 Å². The van der Waals surface area contributed by atoms with Gasteiger partial charge in [0.2, 0.25) is 5.91 Å². The van der Waals surface area contributed by atoms with Gasteiger partial charge in [-0.3, -0.25) is 10.2 Å². The topological polar surface area (TPSA) is 82.0 Å². The normalized spacial score (nSPS) is 14.7. The van der Waals surface area contributed by atoms with E-state index in [1.165, 1.54) is 12.1 Å². The summed E-state index contributed by atoms with van der Waals surface area (Å²) in [6.45, 7) is 2.66. The van der Waals surface area contributed by atoms with E-state index in [4.69, 9.17) is 5.11 Å². The Bertz CT molecular complexity index is 811. The minimum atomic E-state index is -0.956. The molecule has 2 aromatic rings. The van der Waals surface area contributed by atoms with Crippen molar-refractivity contribution in [3.05, 3.63) is 59.7 Å². The predicted octanol–water partition coefficient (Wildman–Crippen LogP) is 3.35. The van der Waals surface area contributed by atoms with Crippen molar-refractivity contribution in [1.29, 1.82) is 0 Å². The first-order chi connectivity index (χ1) is 12.0. The summed E-state index contributed by atoms with van der Waals surface area (Å²) < 4.78 is 0. The molecule has 0 aromatic heterocycles. The molecule has 3 rings (SSSR count). The van der Waals surface area contributed by atoms with Gasteiger partial charge in [0, 0.05) is 18.7 Å². The maximum atomic E-state index is 11.8. The van der Waals surface area contributed by atoms with Gasteiger partial charge in [-0.25, -0.2) is 4.79 Å². The number of amides is 1. The molecule has 1 saturated heterocycles. The van der Waals surface area contributed by atoms with Crippen LogP contribution in [-0.4, -0.2) is 29.2 Å². The molecule has 1 aliphatic heterocycles. The monoisotopic (exact) mass is 337 g/mol. The third kappa shape index (κ3) is 3.85. The van der Waals surface area contributed by atoms with Crippen LogP contribution < -0.4 is 10.3 Å². The number of carbonyl (C=O) groups is 2. The zero-order chi connectivity index (χ0) is 17.8. The van der Waals surface area contributed by atoms with Crippen LogP contribution in [0.3, 0.4) is 0 Å². The second kappa shape index (κ2) is 7.17. The molecule has 2 aromatic carbocycles. The lowest BCUT2D eigenvalue weighted by molar-refractivity contribution is -0.117. The molecule has 0 saturated carbocycles. The molecule has 25 heavy (non-hydrogen) atoms. The van der Waals surface area contributed by atoms with Gasteiger partial charge in [-0.05, 0) is 55.3 Å². The SMILES string of the molecule is CC(=NNc1ccc(C(=O)O)cc1)c1ccc(N2CCCC2=O)cc1. The lowest BCUT2D eigenvalue weighted by atomic mass is 10.1. The molecule has 128 valence electrons. The number of nitrogens with one attached hydrogen (secondary N) is 1. The van der Waals surface area contributed by atoms with Crippen molar-refractivity contribution in [3.63, 3.8) is 0 Å². The smallest absolute Gasteiger partial charge is 0.335 e. The molecule has 1 heterocycles. The van der Waals surface area contributed by atoms with Crippen LogP contribution >= 0.6 is 0 Å². The Labute approximate surface area is 145 Å². The highest BCUT2D eigenvalue weighted by molar-refractivity contribution is 6.00. The highest BCUT2D eigenvalue weighted by Gasteiger charge is 2.21. The first-order valence-corrected chi connectivity index (χ1v) is 8.09. The Morgan fingerprint density at radius 1 is 1.08 bits per heavy atom. The Balaban J connectivity index is 1.67. The summed E-state index contributed by atoms with van der Waals surface area (Å²) >= 11 is 0. The number of nitrogens with zero attached hydrogens (tertiary/aromatic N) is 2. The number of carboxylic acids is 1. The molecule has 0 radical (unpaired) electrons. The quantitative estimate of drug-likeness (QED) is 0.647. The molecule has 0 unspecified atom stereocenters. The zero-order valence-corrected chi connectivity index (χ0v) is 13.9. The zero-order valence-electron chi connectivity index (χ0n) is 13.9. The van der Waals surface area contributed by atoms with E-state index in [-0.39, 0.29) is 11.5 Å². The summed E-state index contributed by atoms with van der Waals surface area (Å²) in [6.07, 6.45) is 1.53. The van der Waals surface area contributed by atoms with Crippen molar-refractivity contribution < 1.29 is 14.7 Å². The highest BCUT2D eigenvalue weighted by Crippen LogP contribution is 2.21. The van der Waals surface area contributed by atoms with E-state index in [0.717, 1.165) is 29.9 Å². The van der Waals surface area contributed by atoms with E-state index in [0.29, 0.717) is 12.1 Å². The van der Waals surface area contributed by atoms with Crippen molar-refractivity contribution >= 4 is 29.0 Å². The largest absolute Gasteiger partial charge is 0.478 e. The van der Waals surface area contributed by atoms with Crippen LogP contribution in [0, 0.1) is 0 Å². The molecule has 0 atom stereocenters. The van der Waals surface area contributed by atoms with Crippen molar-refractivity contribution in [2.24, 2.45) is 5.10 Å². The number of anilines is 2. The van der Waals surface area contributed by atoms with Gasteiger partial charge in [0.05, 0.1) is 17.0 Å². The number of hydrogen-bond acceptors (Lipinski definition) is 4. The molecule has 1 fully saturated rings. The Hall–Kier alpha value is -3.15. The lowest BCUT2D eigenvalue weighted by Crippen LogP contribution is -2.23. The van der Waals surface area contributed by atoms with Crippen LogP contribution in [0.1, 0.15) is 35.7 Å². The molecule has 0 spiro atoms. The average Bonchev–Trinajstić information content (AvgIpc) is 3.06. The molecular weight excluding hydrogens is 318 g/mol. The second-order valence-electron chi connectivity index (χ2n) is 5.89. The van der Waals surface area contributed by atoms with Gasteiger partial charge < -0.3 is 10.0 Å². The molecule has 1 aliphatic rings. The number of benzene rings is 2. The number of rotatable bonds is 5. The van der Waals surface area contributed by atoms with Gasteiger partial charge >= 0.3 is 5.97 Å². The Kier molecular flexibility index (Phi) is 4.79. The first-order valence-electron chi connectivity index (χ1n) is 8.09. The van der Waals surface area contributed by atoms with E-state index in [2.05, 4.69) is 10.5 Å². The summed E-state index contributed by atoms with van der Waals surface area (Å²) in [6, 6.07) is 14.1. The average molecular weight is 337 g/mol. The van der Waals surface area contributed by atoms with Crippen LogP contribution in [0.15, 0.2) is 53.6 Å². The molecule has 6 nitrogen and oxygen atoms in total. The fraction of sp³-hybridized carbons (Fsp3) is 0.211. The van der Waals surface area contributed by atoms with Crippen LogP contribution in [0.5, 0.6) is 0 Å². The van der Waals surface area contributed by atoms with Crippen molar-refractivity contribution in [3.8, 4) is 0 Å². The number of carboxylic acid groups (broad SMARTS) is 1. The maximum absolute atomic E-state index is 11.8. The summed E-state index contributed by atoms with van der Waals surface area (Å²) in [5.74, 6) is -0.785. The number of hydrogen-bond donors (Lipinski definition) is 2. The molecule has 0 bridgehead atoms. The standard InChI is InChI=1S/C19H19N3O3/c1-13(20-21-16-8-4-15(5-9-16)19(24)25)14-6-10-17(11-7-14)22-12-2-3-18(22)23/h4-11,21H,2-3,12H2,1H3,(H,24,25). The third-order valence-corrected chi connectivity index (χ3v) is 4.15. The van der Waals surface area contributed by atoms with Crippen LogP contribution in [0.25, 0.3) is 0 Å². The van der Waals surface area contributed by atoms with Crippen molar-refractivity contribution in [1.82, 2.24) is 0 Å². The van der Waals surface area contributed by atoms with Crippen molar-refractivity contribution in [2.45, 2.75) is 19.8 Å². The fourth-order valence-corrected chi connectivity index (χ4v) is 2.70. The molecule has 0 aliphatic carbocycles. The minimum Gasteiger partial charge on any atom is -0.478 e. The second-order valence-corrected chi connectivity index (χ2v) is 5.89. The molecular formula is C19H19N3O3. The van der Waals surface area contributed by atoms with Gasteiger partial charge in [-0.1, -0.05) is 12.1 Å². The minimum absolute atomic E-state index is 0.171. The van der Waals surface area contributed by atoms with Gasteiger partial charge in [0.15, 0.2) is 0 Å². The first kappa shape index (κ1) is 16.7. The number of aromatic carboxylic acids is 1. The maximum Gasteiger partial charge on any atom is 0.335 e. The third-order valence-electron chi connectivity index (χ3n) is 4.15. The summed E-state index contributed by atoms with van der Waals surface area (Å²) in [4.78, 5) is 24.4. The Morgan fingerprint density at radius 3 is 2.28 bits per heavy atom. The predicted molar refractivity (Wildman–Crippen MR) is 97.3 cm³/mol. The van der Waals surface area contributed by atoms with Gasteiger partial charge in [-0.2, -0.15) is 5.10 Å². The van der Waals surface area contributed by atoms with E-state index < -0.39 is 5.97 Å². The lowest BCUT2D eigenvalue weighted by Gasteiger charge is -2.15. The van der Waals surface area contributed by atoms with Crippen LogP contribution in [0.2, 0.25) is 0 Å². The van der Waals surface area contributed by atoms with E-state index in [1.54, 1.807) is 17.0 Å². The van der Waals surface area contributed by atoms with Crippen molar-refractivity contribution in [2.75, 3.05) is 16.9 Å². The summed E-state index contributed by atoms with van der Waals surface area (Å²) in [5.41, 5.74) is 6.52. The number of carbonyl (C=O) groups excluding carboxylic acids is 1. The van der Waals surface area contributed by atoms with Crippen LogP contribution in [0.4, 0.5) is 11.4 Å². The molecule has 2 N–H and O–H groups in total.